The van der Waals surface area contributed by atoms with E-state index in [9.17, 15) is 9.59 Å². The zero-order chi connectivity index (χ0) is 23.8. The third-order valence-electron chi connectivity index (χ3n) is 6.15. The molecule has 1 N–H and O–H groups in total. The topological polar surface area (TPSA) is 67.9 Å². The van der Waals surface area contributed by atoms with E-state index < -0.39 is 0 Å². The van der Waals surface area contributed by atoms with Gasteiger partial charge in [-0.05, 0) is 61.2 Å². The highest BCUT2D eigenvalue weighted by Gasteiger charge is 2.40. The predicted molar refractivity (Wildman–Crippen MR) is 132 cm³/mol. The van der Waals surface area contributed by atoms with Crippen molar-refractivity contribution in [1.82, 2.24) is 0 Å². The molecule has 0 bridgehead atoms. The first kappa shape index (κ1) is 21.8. The minimum Gasteiger partial charge on any atom is -0.486 e. The summed E-state index contributed by atoms with van der Waals surface area (Å²) in [5.74, 6) is 0.529. The van der Waals surface area contributed by atoms with Gasteiger partial charge < -0.3 is 14.8 Å². The molecule has 34 heavy (non-hydrogen) atoms. The van der Waals surface area contributed by atoms with E-state index >= 15 is 0 Å². The van der Waals surface area contributed by atoms with E-state index in [1.165, 1.54) is 4.90 Å². The maximum atomic E-state index is 13.7. The van der Waals surface area contributed by atoms with Crippen molar-refractivity contribution in [2.45, 2.75) is 27.2 Å². The van der Waals surface area contributed by atoms with Crippen molar-refractivity contribution in [2.24, 2.45) is 0 Å². The Kier molecular flexibility index (Phi) is 5.57. The molecule has 3 aromatic rings. The molecule has 0 fully saturated rings. The Hall–Kier alpha value is -4.06. The Morgan fingerprint density at radius 3 is 2.29 bits per heavy atom. The molecule has 0 spiro atoms. The normalized spacial score (nSPS) is 15.2. The highest BCUT2D eigenvalue weighted by Crippen LogP contribution is 2.37. The Balaban J connectivity index is 1.59. The number of hydrogen-bond donors (Lipinski definition) is 1. The van der Waals surface area contributed by atoms with Gasteiger partial charge >= 0.3 is 0 Å². The van der Waals surface area contributed by atoms with Crippen molar-refractivity contribution >= 4 is 28.8 Å². The number of benzene rings is 3. The first-order chi connectivity index (χ1) is 16.5. The largest absolute Gasteiger partial charge is 0.486 e. The summed E-state index contributed by atoms with van der Waals surface area (Å²) < 4.78 is 11.3. The van der Waals surface area contributed by atoms with Gasteiger partial charge in [0, 0.05) is 11.8 Å². The lowest BCUT2D eigenvalue weighted by molar-refractivity contribution is -0.120. The lowest BCUT2D eigenvalue weighted by Crippen LogP contribution is -2.32. The fourth-order valence-corrected chi connectivity index (χ4v) is 4.37. The van der Waals surface area contributed by atoms with Crippen LogP contribution in [0.2, 0.25) is 0 Å². The molecule has 0 unspecified atom stereocenters. The van der Waals surface area contributed by atoms with E-state index in [0.717, 1.165) is 28.7 Å². The highest BCUT2D eigenvalue weighted by molar-refractivity contribution is 6.46. The summed E-state index contributed by atoms with van der Waals surface area (Å²) in [5, 5.41) is 3.22. The quantitative estimate of drug-likeness (QED) is 0.548. The molecular formula is C28H26N2O4. The minimum absolute atomic E-state index is 0.244. The van der Waals surface area contributed by atoms with Crippen LogP contribution in [-0.2, 0) is 16.0 Å². The SMILES string of the molecule is CCc1ccc(N2C(=O)C(Nc3ccc4c(c3)OCCO4)=C(c3ccc(C)cc3C)C2=O)cc1. The van der Waals surface area contributed by atoms with Crippen LogP contribution in [0.3, 0.4) is 0 Å². The molecule has 0 saturated carbocycles. The van der Waals surface area contributed by atoms with Crippen LogP contribution >= 0.6 is 0 Å². The van der Waals surface area contributed by atoms with Crippen molar-refractivity contribution in [3.05, 3.63) is 88.6 Å². The number of nitrogens with zero attached hydrogens (tertiary/aromatic N) is 1. The zero-order valence-electron chi connectivity index (χ0n) is 19.5. The number of fused-ring (bicyclic) bond motifs is 1. The average Bonchev–Trinajstić information content (AvgIpc) is 3.08. The number of nitrogens with one attached hydrogen (secondary N) is 1. The highest BCUT2D eigenvalue weighted by atomic mass is 16.6. The van der Waals surface area contributed by atoms with Gasteiger partial charge in [-0.25, -0.2) is 4.90 Å². The molecule has 0 saturated heterocycles. The summed E-state index contributed by atoms with van der Waals surface area (Å²) in [5.41, 5.74) is 5.69. The molecule has 2 aliphatic heterocycles. The van der Waals surface area contributed by atoms with Crippen LogP contribution in [0.15, 0.2) is 66.4 Å². The molecule has 0 atom stereocenters. The first-order valence-corrected chi connectivity index (χ1v) is 11.4. The molecule has 2 aliphatic rings. The number of carbonyl (C=O) groups excluding carboxylic acids is 2. The van der Waals surface area contributed by atoms with Gasteiger partial charge in [-0.15, -0.1) is 0 Å². The average molecular weight is 455 g/mol. The lowest BCUT2D eigenvalue weighted by atomic mass is 9.97. The number of rotatable bonds is 5. The second kappa shape index (κ2) is 8.71. The number of imide groups is 1. The van der Waals surface area contributed by atoms with Crippen LogP contribution in [0.4, 0.5) is 11.4 Å². The van der Waals surface area contributed by atoms with E-state index in [-0.39, 0.29) is 17.5 Å². The maximum absolute atomic E-state index is 13.7. The van der Waals surface area contributed by atoms with Crippen molar-refractivity contribution in [3.8, 4) is 11.5 Å². The van der Waals surface area contributed by atoms with Gasteiger partial charge in [0.1, 0.15) is 18.9 Å². The Labute approximate surface area is 198 Å². The third-order valence-corrected chi connectivity index (χ3v) is 6.15. The summed E-state index contributed by atoms with van der Waals surface area (Å²) in [7, 11) is 0. The molecule has 172 valence electrons. The van der Waals surface area contributed by atoms with Gasteiger partial charge in [0.05, 0.1) is 11.3 Å². The molecule has 0 aromatic heterocycles. The molecule has 0 radical (unpaired) electrons. The summed E-state index contributed by atoms with van der Waals surface area (Å²) in [6, 6.07) is 18.8. The summed E-state index contributed by atoms with van der Waals surface area (Å²) in [6.07, 6.45) is 0.880. The van der Waals surface area contributed by atoms with Crippen molar-refractivity contribution in [2.75, 3.05) is 23.4 Å². The monoisotopic (exact) mass is 454 g/mol. The second-order valence-corrected chi connectivity index (χ2v) is 8.52. The smallest absolute Gasteiger partial charge is 0.282 e. The van der Waals surface area contributed by atoms with Crippen LogP contribution in [-0.4, -0.2) is 25.0 Å². The molecule has 5 rings (SSSR count). The van der Waals surface area contributed by atoms with Crippen LogP contribution < -0.4 is 19.7 Å². The summed E-state index contributed by atoms with van der Waals surface area (Å²) in [4.78, 5) is 28.6. The van der Waals surface area contributed by atoms with Gasteiger partial charge in [0.25, 0.3) is 11.8 Å². The molecule has 6 nitrogen and oxygen atoms in total. The maximum Gasteiger partial charge on any atom is 0.282 e. The van der Waals surface area contributed by atoms with Gasteiger partial charge in [-0.1, -0.05) is 42.8 Å². The Morgan fingerprint density at radius 2 is 1.59 bits per heavy atom. The zero-order valence-corrected chi connectivity index (χ0v) is 19.5. The molecule has 0 aliphatic carbocycles. The predicted octanol–water partition coefficient (Wildman–Crippen LogP) is 5.03. The standard InChI is InChI=1S/C28H26N2O4/c1-4-19-6-9-21(10-7-19)30-27(31)25(22-11-5-17(2)15-18(22)3)26(28(30)32)29-20-8-12-23-24(16-20)34-14-13-33-23/h5-12,15-16,29H,4,13-14H2,1-3H3. The number of aryl methyl sites for hydroxylation is 3. The molecular weight excluding hydrogens is 428 g/mol. The minimum atomic E-state index is -0.390. The number of amides is 2. The fourth-order valence-electron chi connectivity index (χ4n) is 4.37. The Bertz CT molecular complexity index is 1320. The fraction of sp³-hybridized carbons (Fsp3) is 0.214. The number of ether oxygens (including phenoxy) is 2. The van der Waals surface area contributed by atoms with E-state index in [2.05, 4.69) is 12.2 Å². The van der Waals surface area contributed by atoms with E-state index in [0.29, 0.717) is 41.7 Å². The molecule has 2 amide bonds. The van der Waals surface area contributed by atoms with Crippen molar-refractivity contribution < 1.29 is 19.1 Å². The molecule has 6 heteroatoms. The number of hydrogen-bond acceptors (Lipinski definition) is 5. The van der Waals surface area contributed by atoms with Crippen molar-refractivity contribution in [1.29, 1.82) is 0 Å². The van der Waals surface area contributed by atoms with Crippen LogP contribution in [0, 0.1) is 13.8 Å². The van der Waals surface area contributed by atoms with Crippen molar-refractivity contribution in [3.63, 3.8) is 0 Å². The van der Waals surface area contributed by atoms with Gasteiger partial charge in [0.2, 0.25) is 0 Å². The van der Waals surface area contributed by atoms with Gasteiger partial charge in [-0.3, -0.25) is 9.59 Å². The van der Waals surface area contributed by atoms with Crippen LogP contribution in [0.25, 0.3) is 5.57 Å². The van der Waals surface area contributed by atoms with Gasteiger partial charge in [-0.2, -0.15) is 0 Å². The Morgan fingerprint density at radius 1 is 0.853 bits per heavy atom. The first-order valence-electron chi connectivity index (χ1n) is 11.4. The summed E-state index contributed by atoms with van der Waals surface area (Å²) in [6.45, 7) is 6.99. The van der Waals surface area contributed by atoms with Gasteiger partial charge in [0.15, 0.2) is 11.5 Å². The second-order valence-electron chi connectivity index (χ2n) is 8.52. The van der Waals surface area contributed by atoms with E-state index in [4.69, 9.17) is 9.47 Å². The molecule has 2 heterocycles. The van der Waals surface area contributed by atoms with Crippen LogP contribution in [0.1, 0.15) is 29.2 Å². The molecule has 3 aromatic carbocycles. The number of carbonyl (C=O) groups is 2. The lowest BCUT2D eigenvalue weighted by Gasteiger charge is -2.19. The third kappa shape index (κ3) is 3.81. The number of anilines is 2. The van der Waals surface area contributed by atoms with E-state index in [1.54, 1.807) is 12.1 Å². The summed E-state index contributed by atoms with van der Waals surface area (Å²) >= 11 is 0. The van der Waals surface area contributed by atoms with E-state index in [1.807, 2.05) is 62.4 Å². The van der Waals surface area contributed by atoms with Crippen LogP contribution in [0.5, 0.6) is 11.5 Å².